The fourth-order valence-corrected chi connectivity index (χ4v) is 10.1. The number of fused-ring (bicyclic) bond motifs is 11. The summed E-state index contributed by atoms with van der Waals surface area (Å²) in [6.07, 6.45) is 0. The van der Waals surface area contributed by atoms with Crippen molar-refractivity contribution in [2.45, 2.75) is 0 Å². The fourth-order valence-electron chi connectivity index (χ4n) is 8.84. The van der Waals surface area contributed by atoms with Crippen LogP contribution in [0.1, 0.15) is 0 Å². The van der Waals surface area contributed by atoms with Gasteiger partial charge in [-0.3, -0.25) is 0 Å². The van der Waals surface area contributed by atoms with Crippen molar-refractivity contribution in [1.82, 2.24) is 15.0 Å². The lowest BCUT2D eigenvalue weighted by Gasteiger charge is -2.13. The first-order valence-corrected chi connectivity index (χ1v) is 20.7. The van der Waals surface area contributed by atoms with E-state index in [2.05, 4.69) is 200 Å². The van der Waals surface area contributed by atoms with Gasteiger partial charge in [-0.05, 0) is 73.8 Å². The minimum Gasteiger partial charge on any atom is -0.246 e. The maximum Gasteiger partial charge on any atom is 0.160 e. The highest BCUT2D eigenvalue weighted by Crippen LogP contribution is 2.43. The van der Waals surface area contributed by atoms with Crippen molar-refractivity contribution in [2.75, 3.05) is 0 Å². The maximum absolute atomic E-state index is 5.33. The molecule has 0 aliphatic carbocycles. The zero-order chi connectivity index (χ0) is 38.9. The molecule has 9 aromatic carbocycles. The molecular formula is C55H33N3S. The Morgan fingerprint density at radius 2 is 0.847 bits per heavy atom. The summed E-state index contributed by atoms with van der Waals surface area (Å²) >= 11 is 1.82. The van der Waals surface area contributed by atoms with Crippen LogP contribution in [-0.2, 0) is 0 Å². The smallest absolute Gasteiger partial charge is 0.160 e. The quantitative estimate of drug-likeness (QED) is 0.164. The van der Waals surface area contributed by atoms with Gasteiger partial charge in [-0.1, -0.05) is 170 Å². The van der Waals surface area contributed by atoms with Gasteiger partial charge in [0.2, 0.25) is 0 Å². The summed E-state index contributed by atoms with van der Waals surface area (Å²) in [5.74, 6) is 0.689. The molecule has 0 aliphatic rings. The second kappa shape index (κ2) is 13.6. The Labute approximate surface area is 344 Å². The third-order valence-electron chi connectivity index (χ3n) is 11.7. The van der Waals surface area contributed by atoms with Gasteiger partial charge in [0.1, 0.15) is 0 Å². The van der Waals surface area contributed by atoms with Crippen molar-refractivity contribution in [2.24, 2.45) is 0 Å². The number of para-hydroxylation sites is 1. The molecule has 4 heteroatoms. The van der Waals surface area contributed by atoms with E-state index in [-0.39, 0.29) is 0 Å². The molecule has 0 saturated carbocycles. The molecule has 3 aromatic heterocycles. The summed E-state index contributed by atoms with van der Waals surface area (Å²) in [6, 6.07) is 71.3. The maximum atomic E-state index is 5.33. The van der Waals surface area contributed by atoms with Crippen molar-refractivity contribution < 1.29 is 0 Å². The van der Waals surface area contributed by atoms with E-state index < -0.39 is 0 Å². The minimum atomic E-state index is 0.689. The normalized spacial score (nSPS) is 11.7. The predicted molar refractivity (Wildman–Crippen MR) is 250 cm³/mol. The summed E-state index contributed by atoms with van der Waals surface area (Å²) in [6.45, 7) is 0. The molecule has 0 atom stereocenters. The molecule has 0 radical (unpaired) electrons. The van der Waals surface area contributed by atoms with Gasteiger partial charge in [-0.2, -0.15) is 0 Å². The molecule has 274 valence electrons. The molecule has 0 unspecified atom stereocenters. The van der Waals surface area contributed by atoms with Crippen molar-refractivity contribution in [3.05, 3.63) is 200 Å². The molecule has 0 aliphatic heterocycles. The number of aromatic nitrogens is 3. The van der Waals surface area contributed by atoms with E-state index in [0.29, 0.717) is 5.82 Å². The van der Waals surface area contributed by atoms with Crippen molar-refractivity contribution in [3.8, 4) is 56.3 Å². The number of pyridine rings is 1. The van der Waals surface area contributed by atoms with Crippen molar-refractivity contribution in [1.29, 1.82) is 0 Å². The molecule has 0 N–H and O–H groups in total. The molecule has 0 amide bonds. The van der Waals surface area contributed by atoms with Gasteiger partial charge in [-0.15, -0.1) is 11.3 Å². The summed E-state index contributed by atoms with van der Waals surface area (Å²) in [5.41, 5.74) is 10.2. The van der Waals surface area contributed by atoms with Gasteiger partial charge in [0.15, 0.2) is 5.82 Å². The number of hydrogen-bond donors (Lipinski definition) is 0. The molecule has 0 bridgehead atoms. The minimum absolute atomic E-state index is 0.689. The van der Waals surface area contributed by atoms with Crippen LogP contribution in [0.25, 0.3) is 120 Å². The zero-order valence-corrected chi connectivity index (χ0v) is 32.6. The first-order valence-electron chi connectivity index (χ1n) is 19.9. The molecule has 59 heavy (non-hydrogen) atoms. The average Bonchev–Trinajstić information content (AvgIpc) is 3.72. The van der Waals surface area contributed by atoms with Gasteiger partial charge in [0.25, 0.3) is 0 Å². The van der Waals surface area contributed by atoms with Gasteiger partial charge < -0.3 is 0 Å². The lowest BCUT2D eigenvalue weighted by atomic mass is 9.93. The summed E-state index contributed by atoms with van der Waals surface area (Å²) < 4.78 is 2.48. The average molecular weight is 768 g/mol. The van der Waals surface area contributed by atoms with Crippen LogP contribution in [0.5, 0.6) is 0 Å². The van der Waals surface area contributed by atoms with E-state index in [9.17, 15) is 0 Å². The van der Waals surface area contributed by atoms with Crippen LogP contribution in [0, 0.1) is 0 Å². The van der Waals surface area contributed by atoms with Crippen LogP contribution in [0.4, 0.5) is 0 Å². The Morgan fingerprint density at radius 1 is 0.305 bits per heavy atom. The largest absolute Gasteiger partial charge is 0.246 e. The lowest BCUT2D eigenvalue weighted by Crippen LogP contribution is -1.96. The second-order valence-electron chi connectivity index (χ2n) is 15.1. The fraction of sp³-hybridized carbons (Fsp3) is 0. The van der Waals surface area contributed by atoms with Gasteiger partial charge in [0.05, 0.1) is 27.3 Å². The van der Waals surface area contributed by atoms with Crippen LogP contribution in [0.3, 0.4) is 0 Å². The van der Waals surface area contributed by atoms with E-state index in [1.807, 2.05) is 11.3 Å². The number of hydrogen-bond acceptors (Lipinski definition) is 4. The third-order valence-corrected chi connectivity index (χ3v) is 12.8. The summed E-state index contributed by atoms with van der Waals surface area (Å²) in [7, 11) is 0. The number of nitrogens with zero attached hydrogens (tertiary/aromatic N) is 3. The van der Waals surface area contributed by atoms with Crippen LogP contribution >= 0.6 is 11.3 Å². The van der Waals surface area contributed by atoms with Gasteiger partial charge in [-0.25, -0.2) is 15.0 Å². The topological polar surface area (TPSA) is 38.7 Å². The monoisotopic (exact) mass is 767 g/mol. The standard InChI is InChI=1S/C55H33N3S/c1-2-13-34(14-3-1)37-15-12-16-38(31-37)50-33-49(57-55(58-50)39-29-30-44-42-19-5-4-17-40(42)41-18-6-7-20-43(41)47(44)32-39)35-25-27-36(28-26-35)53-54-52(45-21-8-10-23-48(45)56-53)46-22-9-11-24-51(46)59-54/h1-33H. The molecular weight excluding hydrogens is 735 g/mol. The van der Waals surface area contributed by atoms with E-state index in [0.717, 1.165) is 50.4 Å². The van der Waals surface area contributed by atoms with Crippen molar-refractivity contribution >= 4 is 74.7 Å². The first-order chi connectivity index (χ1) is 29.2. The van der Waals surface area contributed by atoms with Gasteiger partial charge in [0, 0.05) is 43.1 Å². The molecule has 0 fully saturated rings. The van der Waals surface area contributed by atoms with Crippen LogP contribution in [0.2, 0.25) is 0 Å². The molecule has 12 aromatic rings. The highest BCUT2D eigenvalue weighted by Gasteiger charge is 2.18. The molecule has 3 nitrogen and oxygen atoms in total. The Kier molecular flexibility index (Phi) is 7.72. The number of benzene rings is 9. The third kappa shape index (κ3) is 5.60. The Hall–Kier alpha value is -7.53. The number of thiophene rings is 1. The van der Waals surface area contributed by atoms with E-state index >= 15 is 0 Å². The SMILES string of the molecule is c1ccc(-c2cccc(-c3cc(-c4ccc(-c5nc6ccccc6c6c5sc5ccccc56)cc4)nc(-c4ccc5c6ccccc6c6ccccc6c5c4)n3)c2)cc1. The molecule has 0 spiro atoms. The predicted octanol–water partition coefficient (Wildman–Crippen LogP) is 15.2. The molecule has 12 rings (SSSR count). The Balaban J connectivity index is 1.03. The summed E-state index contributed by atoms with van der Waals surface area (Å²) in [4.78, 5) is 15.9. The highest BCUT2D eigenvalue weighted by molar-refractivity contribution is 7.26. The van der Waals surface area contributed by atoms with Gasteiger partial charge >= 0.3 is 0 Å². The Bertz CT molecular complexity index is 3570. The van der Waals surface area contributed by atoms with Crippen LogP contribution in [-0.4, -0.2) is 15.0 Å². The Morgan fingerprint density at radius 3 is 1.59 bits per heavy atom. The molecule has 0 saturated heterocycles. The first kappa shape index (κ1) is 33.6. The van der Waals surface area contributed by atoms with Crippen molar-refractivity contribution in [3.63, 3.8) is 0 Å². The van der Waals surface area contributed by atoms with E-state index in [4.69, 9.17) is 15.0 Å². The van der Waals surface area contributed by atoms with E-state index in [1.165, 1.54) is 63.4 Å². The second-order valence-corrected chi connectivity index (χ2v) is 16.2. The van der Waals surface area contributed by atoms with Crippen LogP contribution in [0.15, 0.2) is 200 Å². The van der Waals surface area contributed by atoms with E-state index in [1.54, 1.807) is 0 Å². The number of rotatable bonds is 5. The molecule has 3 heterocycles. The summed E-state index contributed by atoms with van der Waals surface area (Å²) in [5, 5.41) is 11.1. The highest BCUT2D eigenvalue weighted by atomic mass is 32.1. The zero-order valence-electron chi connectivity index (χ0n) is 31.8. The lowest BCUT2D eigenvalue weighted by molar-refractivity contribution is 1.18. The van der Waals surface area contributed by atoms with Crippen LogP contribution < -0.4 is 0 Å².